The van der Waals surface area contributed by atoms with E-state index in [1.165, 1.54) is 0 Å². The predicted molar refractivity (Wildman–Crippen MR) is 58.9 cm³/mol. The molecule has 0 spiro atoms. The number of aryl methyl sites for hydroxylation is 1. The molecule has 6 heteroatoms. The van der Waals surface area contributed by atoms with Crippen LogP contribution in [0.25, 0.3) is 0 Å². The fourth-order valence-corrected chi connectivity index (χ4v) is 1.24. The fraction of sp³-hybridized carbons (Fsp3) is 0.625. The largest absolute Gasteiger partial charge is 0.363 e. The lowest BCUT2D eigenvalue weighted by molar-refractivity contribution is 0.475. The van der Waals surface area contributed by atoms with Gasteiger partial charge in [0.2, 0.25) is 0 Å². The van der Waals surface area contributed by atoms with Gasteiger partial charge < -0.3 is 10.2 Å². The maximum absolute atomic E-state index is 5.13. The lowest BCUT2D eigenvalue weighted by Gasteiger charge is -2.18. The SMILES string of the molecule is CCNC(=S)N(C)Cc1n[nH]c(C)n1. The zero-order valence-corrected chi connectivity index (χ0v) is 9.48. The molecule has 0 aliphatic rings. The molecule has 1 aromatic rings. The third-order valence-electron chi connectivity index (χ3n) is 1.70. The molecule has 0 aliphatic carbocycles. The Balaban J connectivity index is 2.48. The molecule has 5 nitrogen and oxygen atoms in total. The highest BCUT2D eigenvalue weighted by atomic mass is 32.1. The molecule has 78 valence electrons. The second-order valence-electron chi connectivity index (χ2n) is 3.03. The van der Waals surface area contributed by atoms with Gasteiger partial charge in [0, 0.05) is 13.6 Å². The molecule has 1 rings (SSSR count). The molecule has 0 atom stereocenters. The van der Waals surface area contributed by atoms with E-state index in [1.54, 1.807) is 0 Å². The van der Waals surface area contributed by atoms with Gasteiger partial charge in [0.1, 0.15) is 5.82 Å². The van der Waals surface area contributed by atoms with Crippen molar-refractivity contribution in [1.82, 2.24) is 25.4 Å². The molecule has 0 fully saturated rings. The van der Waals surface area contributed by atoms with Crippen LogP contribution in [0.2, 0.25) is 0 Å². The van der Waals surface area contributed by atoms with Gasteiger partial charge in [0.15, 0.2) is 10.9 Å². The van der Waals surface area contributed by atoms with Crippen molar-refractivity contribution in [1.29, 1.82) is 0 Å². The van der Waals surface area contributed by atoms with Gasteiger partial charge in [-0.25, -0.2) is 4.98 Å². The first-order chi connectivity index (χ1) is 6.63. The van der Waals surface area contributed by atoms with Gasteiger partial charge in [-0.2, -0.15) is 5.10 Å². The van der Waals surface area contributed by atoms with Crippen molar-refractivity contribution in [2.75, 3.05) is 13.6 Å². The summed E-state index contributed by atoms with van der Waals surface area (Å²) in [5, 5.41) is 10.6. The highest BCUT2D eigenvalue weighted by Gasteiger charge is 2.06. The summed E-state index contributed by atoms with van der Waals surface area (Å²) in [6, 6.07) is 0. The number of aromatic nitrogens is 3. The summed E-state index contributed by atoms with van der Waals surface area (Å²) < 4.78 is 0. The normalized spacial score (nSPS) is 9.93. The van der Waals surface area contributed by atoms with Gasteiger partial charge in [0.25, 0.3) is 0 Å². The summed E-state index contributed by atoms with van der Waals surface area (Å²) in [5.41, 5.74) is 0. The fourth-order valence-electron chi connectivity index (χ4n) is 1.03. The Hall–Kier alpha value is -1.17. The van der Waals surface area contributed by atoms with Crippen LogP contribution in [0, 0.1) is 6.92 Å². The van der Waals surface area contributed by atoms with E-state index in [-0.39, 0.29) is 0 Å². The highest BCUT2D eigenvalue weighted by Crippen LogP contribution is 1.96. The lowest BCUT2D eigenvalue weighted by Crippen LogP contribution is -2.36. The standard InChI is InChI=1S/C8H15N5S/c1-4-9-8(14)13(3)5-7-10-6(2)11-12-7/h4-5H2,1-3H3,(H,9,14)(H,10,11,12). The van der Waals surface area contributed by atoms with Gasteiger partial charge in [0.05, 0.1) is 6.54 Å². The van der Waals surface area contributed by atoms with E-state index in [2.05, 4.69) is 20.5 Å². The minimum atomic E-state index is 0.621. The molecule has 0 saturated heterocycles. The maximum atomic E-state index is 5.13. The summed E-state index contributed by atoms with van der Waals surface area (Å²) in [6.45, 7) is 5.34. The Morgan fingerprint density at radius 2 is 2.36 bits per heavy atom. The second kappa shape index (κ2) is 4.90. The van der Waals surface area contributed by atoms with E-state index in [9.17, 15) is 0 Å². The Morgan fingerprint density at radius 3 is 2.86 bits per heavy atom. The summed E-state index contributed by atoms with van der Waals surface area (Å²) in [5.74, 6) is 1.58. The van der Waals surface area contributed by atoms with Crippen molar-refractivity contribution < 1.29 is 0 Å². The Labute approximate surface area is 88.9 Å². The highest BCUT2D eigenvalue weighted by molar-refractivity contribution is 7.80. The summed E-state index contributed by atoms with van der Waals surface area (Å²) in [6.07, 6.45) is 0. The number of rotatable bonds is 3. The third kappa shape index (κ3) is 2.95. The number of thiocarbonyl (C=S) groups is 1. The van der Waals surface area contributed by atoms with Gasteiger partial charge in [-0.05, 0) is 26.1 Å². The monoisotopic (exact) mass is 213 g/mol. The van der Waals surface area contributed by atoms with Crippen molar-refractivity contribution in [3.63, 3.8) is 0 Å². The molecule has 2 N–H and O–H groups in total. The number of hydrogen-bond acceptors (Lipinski definition) is 3. The van der Waals surface area contributed by atoms with Gasteiger partial charge in [-0.1, -0.05) is 0 Å². The van der Waals surface area contributed by atoms with Gasteiger partial charge in [-0.15, -0.1) is 0 Å². The van der Waals surface area contributed by atoms with Crippen molar-refractivity contribution in [2.24, 2.45) is 0 Å². The van der Waals surface area contributed by atoms with Crippen molar-refractivity contribution in [3.8, 4) is 0 Å². The molecule has 0 aromatic carbocycles. The van der Waals surface area contributed by atoms with Crippen LogP contribution in [0.4, 0.5) is 0 Å². The van der Waals surface area contributed by atoms with E-state index >= 15 is 0 Å². The molecular formula is C8H15N5S. The first-order valence-electron chi connectivity index (χ1n) is 4.50. The van der Waals surface area contributed by atoms with Crippen LogP contribution in [0.3, 0.4) is 0 Å². The number of nitrogens with one attached hydrogen (secondary N) is 2. The average Bonchev–Trinajstić information content (AvgIpc) is 2.51. The molecule has 14 heavy (non-hydrogen) atoms. The molecule has 0 radical (unpaired) electrons. The molecule has 0 saturated carbocycles. The number of H-pyrrole nitrogens is 1. The van der Waals surface area contributed by atoms with Crippen LogP contribution in [-0.2, 0) is 6.54 Å². The molecule has 1 aromatic heterocycles. The minimum absolute atomic E-state index is 0.621. The van der Waals surface area contributed by atoms with E-state index in [4.69, 9.17) is 12.2 Å². The predicted octanol–water partition coefficient (Wildman–Crippen LogP) is 0.439. The van der Waals surface area contributed by atoms with Crippen LogP contribution >= 0.6 is 12.2 Å². The van der Waals surface area contributed by atoms with Crippen LogP contribution in [-0.4, -0.2) is 38.8 Å². The smallest absolute Gasteiger partial charge is 0.169 e. The van der Waals surface area contributed by atoms with Crippen molar-refractivity contribution in [2.45, 2.75) is 20.4 Å². The Kier molecular flexibility index (Phi) is 3.82. The van der Waals surface area contributed by atoms with Crippen LogP contribution in [0.15, 0.2) is 0 Å². The molecule has 0 aliphatic heterocycles. The topological polar surface area (TPSA) is 56.8 Å². The van der Waals surface area contributed by atoms with Gasteiger partial charge >= 0.3 is 0 Å². The maximum Gasteiger partial charge on any atom is 0.169 e. The Morgan fingerprint density at radius 1 is 1.64 bits per heavy atom. The van der Waals surface area contributed by atoms with Crippen molar-refractivity contribution >= 4 is 17.3 Å². The molecule has 0 bridgehead atoms. The number of hydrogen-bond donors (Lipinski definition) is 2. The second-order valence-corrected chi connectivity index (χ2v) is 3.42. The Bertz CT molecular complexity index is 308. The van der Waals surface area contributed by atoms with E-state index in [0.717, 1.165) is 23.3 Å². The average molecular weight is 213 g/mol. The summed E-state index contributed by atoms with van der Waals surface area (Å²) in [4.78, 5) is 6.10. The summed E-state index contributed by atoms with van der Waals surface area (Å²) in [7, 11) is 1.91. The van der Waals surface area contributed by atoms with Crippen LogP contribution in [0.5, 0.6) is 0 Å². The molecule has 0 unspecified atom stereocenters. The lowest BCUT2D eigenvalue weighted by atomic mass is 10.5. The number of aromatic amines is 1. The zero-order chi connectivity index (χ0) is 10.6. The van der Waals surface area contributed by atoms with Crippen LogP contribution in [0.1, 0.15) is 18.6 Å². The van der Waals surface area contributed by atoms with E-state index < -0.39 is 0 Å². The zero-order valence-electron chi connectivity index (χ0n) is 8.66. The summed E-state index contributed by atoms with van der Waals surface area (Å²) >= 11 is 5.13. The van der Waals surface area contributed by atoms with Gasteiger partial charge in [-0.3, -0.25) is 5.10 Å². The first kappa shape index (κ1) is 10.9. The quantitative estimate of drug-likeness (QED) is 0.714. The number of nitrogens with zero attached hydrogens (tertiary/aromatic N) is 3. The van der Waals surface area contributed by atoms with E-state index in [1.807, 2.05) is 25.8 Å². The van der Waals surface area contributed by atoms with E-state index in [0.29, 0.717) is 6.54 Å². The van der Waals surface area contributed by atoms with Crippen molar-refractivity contribution in [3.05, 3.63) is 11.6 Å². The third-order valence-corrected chi connectivity index (χ3v) is 2.15. The molecule has 1 heterocycles. The molecule has 0 amide bonds. The first-order valence-corrected chi connectivity index (χ1v) is 4.91. The molecular weight excluding hydrogens is 198 g/mol. The minimum Gasteiger partial charge on any atom is -0.363 e. The van der Waals surface area contributed by atoms with Crippen LogP contribution < -0.4 is 5.32 Å².